The van der Waals surface area contributed by atoms with Crippen LogP contribution in [-0.2, 0) is 4.74 Å². The zero-order valence-corrected chi connectivity index (χ0v) is 10.7. The lowest BCUT2D eigenvalue weighted by molar-refractivity contribution is 0.0836. The van der Waals surface area contributed by atoms with Crippen LogP contribution in [0, 0.1) is 6.92 Å². The first-order chi connectivity index (χ1) is 9.33. The van der Waals surface area contributed by atoms with Gasteiger partial charge in [0.15, 0.2) is 0 Å². The van der Waals surface area contributed by atoms with E-state index in [1.54, 1.807) is 0 Å². The van der Waals surface area contributed by atoms with Gasteiger partial charge in [0.25, 0.3) is 0 Å². The molecule has 3 rings (SSSR count). The van der Waals surface area contributed by atoms with Crippen molar-refractivity contribution in [3.05, 3.63) is 49.0 Å². The maximum absolute atomic E-state index is 5.35. The highest BCUT2D eigenvalue weighted by Gasteiger charge is 2.18. The van der Waals surface area contributed by atoms with E-state index in [0.717, 1.165) is 48.8 Å². The van der Waals surface area contributed by atoms with Gasteiger partial charge in [0, 0.05) is 42.8 Å². The maximum atomic E-state index is 5.35. The van der Waals surface area contributed by atoms with Gasteiger partial charge in [0.1, 0.15) is 5.82 Å². The van der Waals surface area contributed by atoms with E-state index in [2.05, 4.69) is 21.9 Å². The first kappa shape index (κ1) is 12.2. The molecule has 0 amide bonds. The summed E-state index contributed by atoms with van der Waals surface area (Å²) in [4.78, 5) is 13.3. The molecule has 0 aliphatic carbocycles. The van der Waals surface area contributed by atoms with E-state index in [4.69, 9.17) is 4.74 Å². The number of nitrogens with zero attached hydrogens (tertiary/aromatic N) is 3. The van der Waals surface area contributed by atoms with Gasteiger partial charge in [-0.05, 0) is 31.9 Å². The van der Waals surface area contributed by atoms with Crippen molar-refractivity contribution >= 4 is 0 Å². The number of hydrogen-bond acceptors (Lipinski definition) is 4. The molecule has 1 radical (unpaired) electrons. The molecule has 0 aromatic carbocycles. The summed E-state index contributed by atoms with van der Waals surface area (Å²) in [6, 6.07) is 5.76. The van der Waals surface area contributed by atoms with Crippen molar-refractivity contribution in [3.8, 4) is 11.3 Å². The van der Waals surface area contributed by atoms with Crippen LogP contribution < -0.4 is 0 Å². The molecule has 3 heterocycles. The van der Waals surface area contributed by atoms with Crippen molar-refractivity contribution in [2.24, 2.45) is 0 Å². The summed E-state index contributed by atoms with van der Waals surface area (Å²) in [5.41, 5.74) is 2.55. The summed E-state index contributed by atoms with van der Waals surface area (Å²) in [5, 5.41) is 0. The lowest BCUT2D eigenvalue weighted by Crippen LogP contribution is -2.16. The molecule has 2 aromatic heterocycles. The third-order valence-electron chi connectivity index (χ3n) is 3.36. The van der Waals surface area contributed by atoms with E-state index in [0.29, 0.717) is 5.92 Å². The quantitative estimate of drug-likeness (QED) is 0.826. The van der Waals surface area contributed by atoms with E-state index in [9.17, 15) is 0 Å². The molecule has 2 aromatic rings. The van der Waals surface area contributed by atoms with Gasteiger partial charge in [0.2, 0.25) is 0 Å². The highest BCUT2D eigenvalue weighted by molar-refractivity contribution is 5.56. The van der Waals surface area contributed by atoms with Crippen molar-refractivity contribution in [2.75, 3.05) is 13.2 Å². The minimum absolute atomic E-state index is 0.426. The fourth-order valence-electron chi connectivity index (χ4n) is 2.28. The van der Waals surface area contributed by atoms with Crippen molar-refractivity contribution in [3.63, 3.8) is 0 Å². The molecule has 4 heteroatoms. The monoisotopic (exact) mass is 254 g/mol. The summed E-state index contributed by atoms with van der Waals surface area (Å²) in [6.07, 6.45) is 5.71. The number of hydrogen-bond donors (Lipinski definition) is 0. The summed E-state index contributed by atoms with van der Waals surface area (Å²) < 4.78 is 5.35. The van der Waals surface area contributed by atoms with Crippen molar-refractivity contribution in [1.29, 1.82) is 0 Å². The highest BCUT2D eigenvalue weighted by atomic mass is 16.5. The topological polar surface area (TPSA) is 47.9 Å². The van der Waals surface area contributed by atoms with Gasteiger partial charge in [-0.3, -0.25) is 4.98 Å². The molecule has 1 aliphatic rings. The van der Waals surface area contributed by atoms with Crippen LogP contribution in [0.2, 0.25) is 0 Å². The number of ether oxygens (including phenoxy) is 1. The average Bonchev–Trinajstić information content (AvgIpc) is 2.48. The van der Waals surface area contributed by atoms with Gasteiger partial charge in [0.05, 0.1) is 5.69 Å². The van der Waals surface area contributed by atoms with Crippen LogP contribution in [-0.4, -0.2) is 28.2 Å². The first-order valence-electron chi connectivity index (χ1n) is 6.52. The molecule has 97 valence electrons. The largest absolute Gasteiger partial charge is 0.381 e. The Balaban J connectivity index is 1.82. The SMILES string of the molecule is [CH2]c1cccc(-c2cnc(C3CCOCC3)nc2)n1. The number of pyridine rings is 1. The van der Waals surface area contributed by atoms with Crippen LogP contribution in [0.15, 0.2) is 30.6 Å². The van der Waals surface area contributed by atoms with Crippen LogP contribution in [0.4, 0.5) is 0 Å². The molecular formula is C15H16N3O. The van der Waals surface area contributed by atoms with Crippen LogP contribution in [0.1, 0.15) is 30.3 Å². The Morgan fingerprint density at radius 2 is 1.84 bits per heavy atom. The summed E-state index contributed by atoms with van der Waals surface area (Å²) in [5.74, 6) is 1.34. The predicted molar refractivity (Wildman–Crippen MR) is 72.5 cm³/mol. The second-order valence-corrected chi connectivity index (χ2v) is 4.73. The standard InChI is InChI=1S/C15H16N3O/c1-11-3-2-4-14(18-11)13-9-16-15(17-10-13)12-5-7-19-8-6-12/h2-4,9-10,12H,1,5-8H2. The summed E-state index contributed by atoms with van der Waals surface area (Å²) >= 11 is 0. The molecule has 0 bridgehead atoms. The molecule has 1 fully saturated rings. The second kappa shape index (κ2) is 5.45. The third-order valence-corrected chi connectivity index (χ3v) is 3.36. The fraction of sp³-hybridized carbons (Fsp3) is 0.333. The summed E-state index contributed by atoms with van der Waals surface area (Å²) in [7, 11) is 0. The van der Waals surface area contributed by atoms with Gasteiger partial charge < -0.3 is 4.74 Å². The van der Waals surface area contributed by atoms with Gasteiger partial charge in [-0.15, -0.1) is 0 Å². The molecule has 0 N–H and O–H groups in total. The van der Waals surface area contributed by atoms with Crippen LogP contribution in [0.5, 0.6) is 0 Å². The van der Waals surface area contributed by atoms with Gasteiger partial charge in [-0.25, -0.2) is 9.97 Å². The minimum Gasteiger partial charge on any atom is -0.381 e. The third kappa shape index (κ3) is 2.79. The Labute approximate surface area is 112 Å². The zero-order chi connectivity index (χ0) is 13.1. The van der Waals surface area contributed by atoms with E-state index >= 15 is 0 Å². The van der Waals surface area contributed by atoms with E-state index in [1.165, 1.54) is 0 Å². The average molecular weight is 254 g/mol. The van der Waals surface area contributed by atoms with Crippen LogP contribution >= 0.6 is 0 Å². The molecule has 4 nitrogen and oxygen atoms in total. The van der Waals surface area contributed by atoms with Crippen molar-refractivity contribution in [1.82, 2.24) is 15.0 Å². The van der Waals surface area contributed by atoms with Gasteiger partial charge >= 0.3 is 0 Å². The maximum Gasteiger partial charge on any atom is 0.131 e. The Kier molecular flexibility index (Phi) is 3.51. The molecule has 1 saturated heterocycles. The minimum atomic E-state index is 0.426. The molecule has 1 aliphatic heterocycles. The highest BCUT2D eigenvalue weighted by Crippen LogP contribution is 2.24. The lowest BCUT2D eigenvalue weighted by Gasteiger charge is -2.20. The molecule has 19 heavy (non-hydrogen) atoms. The molecule has 0 spiro atoms. The Morgan fingerprint density at radius 1 is 1.11 bits per heavy atom. The smallest absolute Gasteiger partial charge is 0.131 e. The van der Waals surface area contributed by atoms with E-state index < -0.39 is 0 Å². The zero-order valence-electron chi connectivity index (χ0n) is 10.7. The normalized spacial score (nSPS) is 16.5. The van der Waals surface area contributed by atoms with Crippen molar-refractivity contribution < 1.29 is 4.74 Å². The second-order valence-electron chi connectivity index (χ2n) is 4.73. The molecular weight excluding hydrogens is 238 g/mol. The van der Waals surface area contributed by atoms with E-state index in [-0.39, 0.29) is 0 Å². The molecule has 0 unspecified atom stereocenters. The predicted octanol–water partition coefficient (Wildman–Crippen LogP) is 2.61. The summed E-state index contributed by atoms with van der Waals surface area (Å²) in [6.45, 7) is 5.44. The Morgan fingerprint density at radius 3 is 2.53 bits per heavy atom. The van der Waals surface area contributed by atoms with Crippen molar-refractivity contribution in [2.45, 2.75) is 18.8 Å². The lowest BCUT2D eigenvalue weighted by atomic mass is 9.99. The van der Waals surface area contributed by atoms with Gasteiger partial charge in [-0.1, -0.05) is 6.07 Å². The Bertz CT molecular complexity index is 548. The molecule has 0 atom stereocenters. The molecule has 0 saturated carbocycles. The van der Waals surface area contributed by atoms with Gasteiger partial charge in [-0.2, -0.15) is 0 Å². The fourth-order valence-corrected chi connectivity index (χ4v) is 2.28. The first-order valence-corrected chi connectivity index (χ1v) is 6.52. The number of aromatic nitrogens is 3. The Hall–Kier alpha value is -1.81. The van der Waals surface area contributed by atoms with E-state index in [1.807, 2.05) is 30.6 Å². The van der Waals surface area contributed by atoms with Crippen LogP contribution in [0.25, 0.3) is 11.3 Å². The number of rotatable bonds is 2. The van der Waals surface area contributed by atoms with Crippen LogP contribution in [0.3, 0.4) is 0 Å².